The highest BCUT2D eigenvalue weighted by atomic mass is 16.5. The highest BCUT2D eigenvalue weighted by Crippen LogP contribution is 2.32. The Balaban J connectivity index is 2.16. The molecule has 1 heterocycles. The molecule has 0 aromatic heterocycles. The molecule has 5 atom stereocenters. The number of aliphatic hydroxyl groups is 4. The minimum Gasteiger partial charge on any atom is -0.394 e. The van der Waals surface area contributed by atoms with E-state index in [0.717, 1.165) is 6.08 Å². The van der Waals surface area contributed by atoms with E-state index >= 15 is 0 Å². The summed E-state index contributed by atoms with van der Waals surface area (Å²) in [4.78, 5) is 11.2. The molecule has 2 rings (SSSR count). The van der Waals surface area contributed by atoms with E-state index in [4.69, 9.17) is 9.84 Å². The zero-order chi connectivity index (χ0) is 16.3. The topological polar surface area (TPSA) is 119 Å². The van der Waals surface area contributed by atoms with Gasteiger partial charge in [-0.15, -0.1) is 0 Å². The molecule has 1 saturated heterocycles. The van der Waals surface area contributed by atoms with Gasteiger partial charge in [0, 0.05) is 5.69 Å². The van der Waals surface area contributed by atoms with E-state index in [-0.39, 0.29) is 5.91 Å². The van der Waals surface area contributed by atoms with Gasteiger partial charge in [0.25, 0.3) is 0 Å². The van der Waals surface area contributed by atoms with Crippen LogP contribution < -0.4 is 5.32 Å². The molecule has 1 fully saturated rings. The average Bonchev–Trinajstić information content (AvgIpc) is 2.54. The number of hydrogen-bond donors (Lipinski definition) is 5. The molecular weight excluding hydrogens is 290 g/mol. The summed E-state index contributed by atoms with van der Waals surface area (Å²) in [7, 11) is 0. The smallest absolute Gasteiger partial charge is 0.247 e. The van der Waals surface area contributed by atoms with Crippen LogP contribution >= 0.6 is 0 Å². The lowest BCUT2D eigenvalue weighted by atomic mass is 9.91. The van der Waals surface area contributed by atoms with Gasteiger partial charge in [0.2, 0.25) is 5.91 Å². The van der Waals surface area contributed by atoms with Crippen LogP contribution in [0, 0.1) is 0 Å². The molecule has 0 bridgehead atoms. The van der Waals surface area contributed by atoms with E-state index in [2.05, 4.69) is 11.9 Å². The number of nitrogens with one attached hydrogen (secondary N) is 1. The fraction of sp³-hybridized carbons (Fsp3) is 0.400. The van der Waals surface area contributed by atoms with Crippen LogP contribution in [0.5, 0.6) is 0 Å². The number of hydrogen-bond acceptors (Lipinski definition) is 6. The fourth-order valence-corrected chi connectivity index (χ4v) is 2.33. The minimum absolute atomic E-state index is 0.347. The molecule has 5 N–H and O–H groups in total. The normalized spacial score (nSPS) is 31.5. The molecule has 7 nitrogen and oxygen atoms in total. The van der Waals surface area contributed by atoms with Crippen LogP contribution in [-0.2, 0) is 9.53 Å². The van der Waals surface area contributed by atoms with Crippen LogP contribution in [0.15, 0.2) is 36.9 Å². The highest BCUT2D eigenvalue weighted by Gasteiger charge is 2.43. The Morgan fingerprint density at radius 2 is 1.82 bits per heavy atom. The maximum absolute atomic E-state index is 11.2. The van der Waals surface area contributed by atoms with Gasteiger partial charge < -0.3 is 30.5 Å². The largest absolute Gasteiger partial charge is 0.394 e. The fourth-order valence-electron chi connectivity index (χ4n) is 2.33. The highest BCUT2D eigenvalue weighted by molar-refractivity contribution is 5.98. The third-order valence-corrected chi connectivity index (χ3v) is 3.58. The Kier molecular flexibility index (Phi) is 5.28. The SMILES string of the molecule is C=CC(=O)Nc1ccc([C@H]2O[C@H](CO)[C@H](O)[C@H](O)[C@H]2O)cc1. The number of amides is 1. The molecule has 120 valence electrons. The number of carbonyl (C=O) groups is 1. The van der Waals surface area contributed by atoms with E-state index < -0.39 is 37.1 Å². The number of rotatable bonds is 4. The molecule has 7 heteroatoms. The number of aliphatic hydroxyl groups excluding tert-OH is 4. The zero-order valence-corrected chi connectivity index (χ0v) is 11.8. The monoisotopic (exact) mass is 309 g/mol. The van der Waals surface area contributed by atoms with E-state index in [1.165, 1.54) is 0 Å². The van der Waals surface area contributed by atoms with Crippen LogP contribution in [0.3, 0.4) is 0 Å². The van der Waals surface area contributed by atoms with Crippen molar-refractivity contribution in [1.29, 1.82) is 0 Å². The van der Waals surface area contributed by atoms with Crippen LogP contribution in [0.4, 0.5) is 5.69 Å². The zero-order valence-electron chi connectivity index (χ0n) is 11.8. The summed E-state index contributed by atoms with van der Waals surface area (Å²) in [5.41, 5.74) is 1.09. The van der Waals surface area contributed by atoms with Gasteiger partial charge in [0.15, 0.2) is 0 Å². The van der Waals surface area contributed by atoms with Crippen molar-refractivity contribution in [1.82, 2.24) is 0 Å². The Morgan fingerprint density at radius 3 is 2.36 bits per heavy atom. The number of carbonyl (C=O) groups excluding carboxylic acids is 1. The molecule has 1 aliphatic rings. The Hall–Kier alpha value is -1.77. The first-order chi connectivity index (χ1) is 10.5. The molecule has 0 radical (unpaired) electrons. The van der Waals surface area contributed by atoms with Gasteiger partial charge in [0.1, 0.15) is 30.5 Å². The standard InChI is InChI=1S/C15H19NO6/c1-2-11(18)16-9-5-3-8(4-6-9)15-14(21)13(20)12(19)10(7-17)22-15/h2-6,10,12-15,17,19-21H,1,7H2,(H,16,18)/t10-,12+,13+,14-,15-/m1/s1. The molecule has 0 saturated carbocycles. The number of ether oxygens (including phenoxy) is 1. The molecule has 0 aliphatic carbocycles. The van der Waals surface area contributed by atoms with Crippen LogP contribution in [-0.4, -0.2) is 57.4 Å². The van der Waals surface area contributed by atoms with Crippen molar-refractivity contribution in [2.75, 3.05) is 11.9 Å². The number of anilines is 1. The van der Waals surface area contributed by atoms with Crippen molar-refractivity contribution in [2.45, 2.75) is 30.5 Å². The third-order valence-electron chi connectivity index (χ3n) is 3.58. The minimum atomic E-state index is -1.42. The summed E-state index contributed by atoms with van der Waals surface area (Å²) in [5.74, 6) is -0.347. The van der Waals surface area contributed by atoms with E-state index in [9.17, 15) is 20.1 Å². The summed E-state index contributed by atoms with van der Waals surface area (Å²) in [6.45, 7) is 2.87. The first-order valence-corrected chi connectivity index (χ1v) is 6.81. The van der Waals surface area contributed by atoms with Crippen LogP contribution in [0.1, 0.15) is 11.7 Å². The predicted molar refractivity (Wildman–Crippen MR) is 78.0 cm³/mol. The predicted octanol–water partition coefficient (Wildman–Crippen LogP) is -0.674. The maximum atomic E-state index is 11.2. The molecular formula is C15H19NO6. The molecule has 0 unspecified atom stereocenters. The summed E-state index contributed by atoms with van der Waals surface area (Å²) >= 11 is 0. The summed E-state index contributed by atoms with van der Waals surface area (Å²) < 4.78 is 5.45. The molecule has 1 aliphatic heterocycles. The second-order valence-corrected chi connectivity index (χ2v) is 5.06. The van der Waals surface area contributed by atoms with E-state index in [0.29, 0.717) is 11.3 Å². The lowest BCUT2D eigenvalue weighted by Gasteiger charge is -2.40. The van der Waals surface area contributed by atoms with Crippen molar-refractivity contribution in [2.24, 2.45) is 0 Å². The van der Waals surface area contributed by atoms with Gasteiger partial charge in [-0.25, -0.2) is 0 Å². The second-order valence-electron chi connectivity index (χ2n) is 5.06. The van der Waals surface area contributed by atoms with Crippen molar-refractivity contribution < 1.29 is 30.0 Å². The maximum Gasteiger partial charge on any atom is 0.247 e. The molecule has 1 aromatic rings. The van der Waals surface area contributed by atoms with Crippen molar-refractivity contribution >= 4 is 11.6 Å². The molecule has 1 aromatic carbocycles. The van der Waals surface area contributed by atoms with Crippen molar-refractivity contribution in [3.63, 3.8) is 0 Å². The van der Waals surface area contributed by atoms with E-state index in [1.807, 2.05) is 0 Å². The van der Waals surface area contributed by atoms with E-state index in [1.54, 1.807) is 24.3 Å². The second kappa shape index (κ2) is 6.99. The molecule has 1 amide bonds. The average molecular weight is 309 g/mol. The number of benzene rings is 1. The van der Waals surface area contributed by atoms with Gasteiger partial charge in [-0.1, -0.05) is 18.7 Å². The van der Waals surface area contributed by atoms with Gasteiger partial charge in [0.05, 0.1) is 6.61 Å². The molecule has 0 spiro atoms. The van der Waals surface area contributed by atoms with Gasteiger partial charge in [-0.05, 0) is 23.8 Å². The lowest BCUT2D eigenvalue weighted by molar-refractivity contribution is -0.231. The first kappa shape index (κ1) is 16.6. The van der Waals surface area contributed by atoms with Gasteiger partial charge in [-0.2, -0.15) is 0 Å². The van der Waals surface area contributed by atoms with Crippen LogP contribution in [0.25, 0.3) is 0 Å². The lowest BCUT2D eigenvalue weighted by Crippen LogP contribution is -2.55. The Labute approximate surface area is 127 Å². The summed E-state index contributed by atoms with van der Waals surface area (Å²) in [5, 5.41) is 41.3. The van der Waals surface area contributed by atoms with Crippen molar-refractivity contribution in [3.8, 4) is 0 Å². The third kappa shape index (κ3) is 3.34. The summed E-state index contributed by atoms with van der Waals surface area (Å²) in [6.07, 6.45) is -4.83. The van der Waals surface area contributed by atoms with Crippen molar-refractivity contribution in [3.05, 3.63) is 42.5 Å². The van der Waals surface area contributed by atoms with Crippen LogP contribution in [0.2, 0.25) is 0 Å². The van der Waals surface area contributed by atoms with Gasteiger partial charge in [-0.3, -0.25) is 4.79 Å². The Morgan fingerprint density at radius 1 is 1.18 bits per heavy atom. The Bertz CT molecular complexity index is 529. The quantitative estimate of drug-likeness (QED) is 0.470. The van der Waals surface area contributed by atoms with Gasteiger partial charge >= 0.3 is 0 Å². The first-order valence-electron chi connectivity index (χ1n) is 6.81. The molecule has 22 heavy (non-hydrogen) atoms. The summed E-state index contributed by atoms with van der Waals surface area (Å²) in [6, 6.07) is 6.45.